The summed E-state index contributed by atoms with van der Waals surface area (Å²) in [5.74, 6) is 1.36. The standard InChI is InChI=1S/C19H15N5O3/c1-26-15-6-2-4-13(10-15)12-24-17(25)8-7-16(22-24)19-21-18(23-27-19)14-5-3-9-20-11-14/h2-11H,12H2,1H3. The van der Waals surface area contributed by atoms with Crippen LogP contribution in [0.1, 0.15) is 5.56 Å². The molecular formula is C19H15N5O3. The van der Waals surface area contributed by atoms with E-state index in [1.165, 1.54) is 10.7 Å². The lowest BCUT2D eigenvalue weighted by Gasteiger charge is -2.07. The molecule has 3 aromatic heterocycles. The number of hydrogen-bond donors (Lipinski definition) is 0. The Labute approximate surface area is 154 Å². The third-order valence-electron chi connectivity index (χ3n) is 3.90. The molecule has 0 aliphatic rings. The highest BCUT2D eigenvalue weighted by Gasteiger charge is 2.13. The molecule has 27 heavy (non-hydrogen) atoms. The first-order valence-electron chi connectivity index (χ1n) is 8.18. The van der Waals surface area contributed by atoms with Gasteiger partial charge in [-0.15, -0.1) is 0 Å². The second kappa shape index (κ2) is 7.20. The highest BCUT2D eigenvalue weighted by Crippen LogP contribution is 2.19. The number of methoxy groups -OCH3 is 1. The van der Waals surface area contributed by atoms with Crippen molar-refractivity contribution in [1.29, 1.82) is 0 Å². The Morgan fingerprint density at radius 2 is 2.07 bits per heavy atom. The van der Waals surface area contributed by atoms with Gasteiger partial charge in [0, 0.05) is 24.0 Å². The maximum absolute atomic E-state index is 12.2. The topological polar surface area (TPSA) is 95.9 Å². The molecular weight excluding hydrogens is 346 g/mol. The normalized spacial score (nSPS) is 10.7. The zero-order valence-electron chi connectivity index (χ0n) is 14.4. The summed E-state index contributed by atoms with van der Waals surface area (Å²) < 4.78 is 11.9. The van der Waals surface area contributed by atoms with Gasteiger partial charge < -0.3 is 9.26 Å². The van der Waals surface area contributed by atoms with Gasteiger partial charge in [-0.05, 0) is 35.9 Å². The van der Waals surface area contributed by atoms with Gasteiger partial charge in [0.1, 0.15) is 11.4 Å². The second-order valence-corrected chi connectivity index (χ2v) is 5.73. The summed E-state index contributed by atoms with van der Waals surface area (Å²) in [6.45, 7) is 0.299. The number of hydrogen-bond acceptors (Lipinski definition) is 7. The van der Waals surface area contributed by atoms with Crippen molar-refractivity contribution in [2.24, 2.45) is 0 Å². The molecule has 0 N–H and O–H groups in total. The van der Waals surface area contributed by atoms with Gasteiger partial charge in [0.15, 0.2) is 0 Å². The maximum Gasteiger partial charge on any atom is 0.278 e. The Kier molecular flexibility index (Phi) is 4.44. The van der Waals surface area contributed by atoms with Crippen LogP contribution in [-0.2, 0) is 6.54 Å². The lowest BCUT2D eigenvalue weighted by molar-refractivity contribution is 0.414. The number of nitrogens with zero attached hydrogens (tertiary/aromatic N) is 5. The van der Waals surface area contributed by atoms with Gasteiger partial charge in [-0.25, -0.2) is 4.68 Å². The van der Waals surface area contributed by atoms with E-state index in [-0.39, 0.29) is 11.4 Å². The van der Waals surface area contributed by atoms with Crippen molar-refractivity contribution in [1.82, 2.24) is 24.9 Å². The van der Waals surface area contributed by atoms with Gasteiger partial charge in [0.05, 0.1) is 13.7 Å². The summed E-state index contributed by atoms with van der Waals surface area (Å²) >= 11 is 0. The largest absolute Gasteiger partial charge is 0.497 e. The fourth-order valence-corrected chi connectivity index (χ4v) is 2.56. The second-order valence-electron chi connectivity index (χ2n) is 5.73. The summed E-state index contributed by atoms with van der Waals surface area (Å²) in [6.07, 6.45) is 3.31. The van der Waals surface area contributed by atoms with E-state index >= 15 is 0 Å². The van der Waals surface area contributed by atoms with Crippen LogP contribution in [0.3, 0.4) is 0 Å². The third kappa shape index (κ3) is 3.59. The molecule has 8 heteroatoms. The molecule has 0 bridgehead atoms. The molecule has 0 saturated heterocycles. The first kappa shape index (κ1) is 16.6. The van der Waals surface area contributed by atoms with Crippen LogP contribution in [-0.4, -0.2) is 32.0 Å². The van der Waals surface area contributed by atoms with E-state index in [0.29, 0.717) is 18.1 Å². The predicted molar refractivity (Wildman–Crippen MR) is 97.1 cm³/mol. The Morgan fingerprint density at radius 1 is 1.15 bits per heavy atom. The fourth-order valence-electron chi connectivity index (χ4n) is 2.56. The zero-order valence-corrected chi connectivity index (χ0v) is 14.4. The Bertz CT molecular complexity index is 1120. The minimum absolute atomic E-state index is 0.228. The van der Waals surface area contributed by atoms with Crippen molar-refractivity contribution >= 4 is 0 Å². The van der Waals surface area contributed by atoms with Crippen molar-refractivity contribution in [3.05, 3.63) is 76.8 Å². The first-order valence-corrected chi connectivity index (χ1v) is 8.18. The molecule has 0 fully saturated rings. The highest BCUT2D eigenvalue weighted by molar-refractivity contribution is 5.56. The van der Waals surface area contributed by atoms with Crippen LogP contribution < -0.4 is 10.3 Å². The van der Waals surface area contributed by atoms with Gasteiger partial charge in [0.2, 0.25) is 5.82 Å². The Balaban J connectivity index is 1.64. The molecule has 0 saturated carbocycles. The highest BCUT2D eigenvalue weighted by atomic mass is 16.5. The van der Waals surface area contributed by atoms with Gasteiger partial charge >= 0.3 is 0 Å². The van der Waals surface area contributed by atoms with E-state index in [2.05, 4.69) is 20.2 Å². The van der Waals surface area contributed by atoms with Crippen molar-refractivity contribution in [3.63, 3.8) is 0 Å². The van der Waals surface area contributed by atoms with Crippen molar-refractivity contribution in [2.45, 2.75) is 6.54 Å². The van der Waals surface area contributed by atoms with Crippen LogP contribution in [0.25, 0.3) is 23.0 Å². The molecule has 1 aromatic carbocycles. The molecule has 8 nitrogen and oxygen atoms in total. The van der Waals surface area contributed by atoms with Crippen LogP contribution in [0.15, 0.2) is 70.2 Å². The van der Waals surface area contributed by atoms with E-state index in [1.807, 2.05) is 30.3 Å². The zero-order chi connectivity index (χ0) is 18.6. The smallest absolute Gasteiger partial charge is 0.278 e. The lowest BCUT2D eigenvalue weighted by Crippen LogP contribution is -2.22. The summed E-state index contributed by atoms with van der Waals surface area (Å²) in [7, 11) is 1.60. The maximum atomic E-state index is 12.2. The van der Waals surface area contributed by atoms with Crippen LogP contribution >= 0.6 is 0 Å². The predicted octanol–water partition coefficient (Wildman–Crippen LogP) is 2.41. The SMILES string of the molecule is COc1cccc(Cn2nc(-c3nc(-c4cccnc4)no3)ccc2=O)c1. The molecule has 0 spiro atoms. The number of aromatic nitrogens is 5. The fraction of sp³-hybridized carbons (Fsp3) is 0.105. The Hall–Kier alpha value is -3.81. The molecule has 0 aliphatic carbocycles. The molecule has 0 unspecified atom stereocenters. The average Bonchev–Trinajstić information content (AvgIpc) is 3.21. The van der Waals surface area contributed by atoms with E-state index < -0.39 is 0 Å². The summed E-state index contributed by atoms with van der Waals surface area (Å²) in [5, 5.41) is 8.30. The molecule has 0 amide bonds. The monoisotopic (exact) mass is 361 g/mol. The number of ether oxygens (including phenoxy) is 1. The van der Waals surface area contributed by atoms with Crippen LogP contribution in [0, 0.1) is 0 Å². The third-order valence-corrected chi connectivity index (χ3v) is 3.90. The number of rotatable bonds is 5. The van der Waals surface area contributed by atoms with Gasteiger partial charge in [0.25, 0.3) is 11.4 Å². The van der Waals surface area contributed by atoms with Gasteiger partial charge in [-0.2, -0.15) is 10.1 Å². The average molecular weight is 361 g/mol. The van der Waals surface area contributed by atoms with Gasteiger partial charge in [-0.1, -0.05) is 17.3 Å². The van der Waals surface area contributed by atoms with Gasteiger partial charge in [-0.3, -0.25) is 9.78 Å². The summed E-state index contributed by atoms with van der Waals surface area (Å²) in [5.41, 5.74) is 1.81. The summed E-state index contributed by atoms with van der Waals surface area (Å²) in [4.78, 5) is 20.6. The van der Waals surface area contributed by atoms with Crippen LogP contribution in [0.4, 0.5) is 0 Å². The van der Waals surface area contributed by atoms with Crippen molar-refractivity contribution in [3.8, 4) is 28.7 Å². The minimum atomic E-state index is -0.228. The van der Waals surface area contributed by atoms with Crippen LogP contribution in [0.5, 0.6) is 5.75 Å². The molecule has 0 atom stereocenters. The molecule has 4 rings (SSSR count). The lowest BCUT2D eigenvalue weighted by atomic mass is 10.2. The van der Waals surface area contributed by atoms with E-state index in [0.717, 1.165) is 16.9 Å². The molecule has 134 valence electrons. The molecule has 0 radical (unpaired) electrons. The minimum Gasteiger partial charge on any atom is -0.497 e. The number of benzene rings is 1. The van der Waals surface area contributed by atoms with Crippen LogP contribution in [0.2, 0.25) is 0 Å². The molecule has 3 heterocycles. The van der Waals surface area contributed by atoms with E-state index in [1.54, 1.807) is 31.6 Å². The molecule has 4 aromatic rings. The van der Waals surface area contributed by atoms with E-state index in [9.17, 15) is 4.79 Å². The molecule has 0 aliphatic heterocycles. The first-order chi connectivity index (χ1) is 13.2. The van der Waals surface area contributed by atoms with E-state index in [4.69, 9.17) is 9.26 Å². The Morgan fingerprint density at radius 3 is 2.89 bits per heavy atom. The summed E-state index contributed by atoms with van der Waals surface area (Å²) in [6, 6.07) is 14.1. The van der Waals surface area contributed by atoms with Crippen molar-refractivity contribution < 1.29 is 9.26 Å². The van der Waals surface area contributed by atoms with Crippen molar-refractivity contribution in [2.75, 3.05) is 7.11 Å². The quantitative estimate of drug-likeness (QED) is 0.538. The number of pyridine rings is 1.